The molecule has 1 saturated heterocycles. The van der Waals surface area contributed by atoms with Gasteiger partial charge in [0.15, 0.2) is 6.10 Å². The number of amides is 2. The number of nitrogens with zero attached hydrogens (tertiary/aromatic N) is 2. The number of likely N-dealkylation sites (tertiary alicyclic amines) is 1. The number of benzene rings is 1. The molecule has 0 radical (unpaired) electrons. The number of halogens is 1. The van der Waals surface area contributed by atoms with Gasteiger partial charge < -0.3 is 25.1 Å². The van der Waals surface area contributed by atoms with Gasteiger partial charge in [-0.25, -0.2) is 4.98 Å². The predicted octanol–water partition coefficient (Wildman–Crippen LogP) is 3.82. The van der Waals surface area contributed by atoms with Gasteiger partial charge in [0.05, 0.1) is 24.0 Å². The molecule has 3 atom stereocenters. The van der Waals surface area contributed by atoms with E-state index in [0.717, 1.165) is 34.5 Å². The van der Waals surface area contributed by atoms with Gasteiger partial charge in [-0.15, -0.1) is 0 Å². The van der Waals surface area contributed by atoms with Crippen LogP contribution in [0.1, 0.15) is 50.9 Å². The van der Waals surface area contributed by atoms with Crippen LogP contribution in [0.5, 0.6) is 0 Å². The summed E-state index contributed by atoms with van der Waals surface area (Å²) in [6, 6.07) is 8.08. The number of carbonyl (C=O) groups is 2. The number of hydrogen-bond donors (Lipinski definition) is 2. The van der Waals surface area contributed by atoms with Gasteiger partial charge in [-0.3, -0.25) is 9.59 Å². The number of imidazole rings is 1. The normalized spacial score (nSPS) is 20.8. The summed E-state index contributed by atoms with van der Waals surface area (Å²) in [5, 5.41) is 0. The Kier molecular flexibility index (Phi) is 8.67. The zero-order valence-corrected chi connectivity index (χ0v) is 21.0. The molecule has 3 N–H and O–H groups in total. The second kappa shape index (κ2) is 11.3. The van der Waals surface area contributed by atoms with Gasteiger partial charge in [-0.05, 0) is 49.3 Å². The predicted molar refractivity (Wildman–Crippen MR) is 129 cm³/mol. The quantitative estimate of drug-likeness (QED) is 0.562. The van der Waals surface area contributed by atoms with Gasteiger partial charge in [0.25, 0.3) is 5.91 Å². The maximum absolute atomic E-state index is 13.5. The molecule has 1 aliphatic heterocycles. The van der Waals surface area contributed by atoms with E-state index in [9.17, 15) is 4.79 Å². The Bertz CT molecular complexity index is 927. The van der Waals surface area contributed by atoms with Gasteiger partial charge in [0.2, 0.25) is 6.41 Å². The van der Waals surface area contributed by atoms with Crippen molar-refractivity contribution >= 4 is 28.2 Å². The zero-order valence-electron chi connectivity index (χ0n) is 19.4. The van der Waals surface area contributed by atoms with Crippen LogP contribution < -0.4 is 5.73 Å². The summed E-state index contributed by atoms with van der Waals surface area (Å²) in [4.78, 5) is 32.2. The highest BCUT2D eigenvalue weighted by Gasteiger charge is 2.50. The largest absolute Gasteiger partial charge is 0.378 e. The number of aromatic nitrogens is 2. The molecule has 2 aliphatic rings. The molecule has 1 aromatic carbocycles. The number of carbonyl (C=O) groups excluding carboxylic acids is 2. The van der Waals surface area contributed by atoms with Gasteiger partial charge in [0, 0.05) is 25.2 Å². The monoisotopic (exact) mass is 520 g/mol. The maximum Gasteiger partial charge on any atom is 0.255 e. The molecule has 1 saturated carbocycles. The van der Waals surface area contributed by atoms with Crippen molar-refractivity contribution in [3.05, 3.63) is 40.8 Å². The molecular formula is C24H33BrN4O4. The van der Waals surface area contributed by atoms with Crippen molar-refractivity contribution in [2.45, 2.75) is 57.3 Å². The van der Waals surface area contributed by atoms with Crippen LogP contribution in [0.2, 0.25) is 0 Å². The van der Waals surface area contributed by atoms with Crippen molar-refractivity contribution in [1.29, 1.82) is 0 Å². The number of rotatable bonds is 6. The molecule has 2 fully saturated rings. The summed E-state index contributed by atoms with van der Waals surface area (Å²) in [6.07, 6.45) is 6.96. The third-order valence-electron chi connectivity index (χ3n) is 6.82. The molecule has 1 aliphatic carbocycles. The summed E-state index contributed by atoms with van der Waals surface area (Å²) < 4.78 is 12.0. The molecule has 4 rings (SSSR count). The lowest BCUT2D eigenvalue weighted by molar-refractivity contribution is -0.151. The van der Waals surface area contributed by atoms with E-state index in [4.69, 9.17) is 19.3 Å². The van der Waals surface area contributed by atoms with Crippen LogP contribution in [0.15, 0.2) is 34.9 Å². The lowest BCUT2D eigenvalue weighted by atomic mass is 9.84. The van der Waals surface area contributed by atoms with Crippen LogP contribution in [-0.2, 0) is 19.1 Å². The number of primary amides is 1. The van der Waals surface area contributed by atoms with E-state index in [0.29, 0.717) is 0 Å². The van der Waals surface area contributed by atoms with E-state index in [2.05, 4.69) is 38.8 Å². The number of nitrogens with one attached hydrogen (secondary N) is 1. The fourth-order valence-corrected chi connectivity index (χ4v) is 5.35. The van der Waals surface area contributed by atoms with Crippen molar-refractivity contribution in [3.8, 4) is 11.3 Å². The smallest absolute Gasteiger partial charge is 0.255 e. The number of aromatic amines is 1. The molecule has 2 heterocycles. The summed E-state index contributed by atoms with van der Waals surface area (Å²) in [5.74, 6) is 0.840. The van der Waals surface area contributed by atoms with Crippen LogP contribution in [-0.4, -0.2) is 60.2 Å². The van der Waals surface area contributed by atoms with E-state index in [-0.39, 0.29) is 29.9 Å². The van der Waals surface area contributed by atoms with E-state index >= 15 is 0 Å². The molecule has 3 unspecified atom stereocenters. The van der Waals surface area contributed by atoms with E-state index < -0.39 is 6.10 Å². The van der Waals surface area contributed by atoms with Crippen molar-refractivity contribution in [3.63, 3.8) is 0 Å². The Morgan fingerprint density at radius 1 is 1.27 bits per heavy atom. The fraction of sp³-hybridized carbons (Fsp3) is 0.542. The lowest BCUT2D eigenvalue weighted by Crippen LogP contribution is -2.46. The van der Waals surface area contributed by atoms with Crippen LogP contribution >= 0.6 is 15.9 Å². The molecular weight excluding hydrogens is 488 g/mol. The number of methoxy groups -OCH3 is 2. The van der Waals surface area contributed by atoms with Crippen molar-refractivity contribution in [2.75, 3.05) is 20.8 Å². The van der Waals surface area contributed by atoms with Crippen molar-refractivity contribution in [1.82, 2.24) is 14.9 Å². The highest BCUT2D eigenvalue weighted by Crippen LogP contribution is 2.52. The fourth-order valence-electron chi connectivity index (χ4n) is 5.08. The summed E-state index contributed by atoms with van der Waals surface area (Å²) in [7, 11) is 3.19. The van der Waals surface area contributed by atoms with Crippen molar-refractivity contribution < 1.29 is 19.1 Å². The SMILES string of the molecule is COC(C)C(OC)C(=O)N1CC2(CCCC2)CC1c1ncc(-c2ccc(Br)cc2)[nH]1.NC=O. The van der Waals surface area contributed by atoms with Gasteiger partial charge >= 0.3 is 0 Å². The molecule has 33 heavy (non-hydrogen) atoms. The highest BCUT2D eigenvalue weighted by atomic mass is 79.9. The molecule has 180 valence electrons. The van der Waals surface area contributed by atoms with Crippen LogP contribution in [0.3, 0.4) is 0 Å². The number of H-pyrrole nitrogens is 1. The van der Waals surface area contributed by atoms with Crippen molar-refractivity contribution in [2.24, 2.45) is 11.1 Å². The third-order valence-corrected chi connectivity index (χ3v) is 7.35. The molecule has 2 amide bonds. The third kappa shape index (κ3) is 5.65. The molecule has 1 aromatic heterocycles. The Morgan fingerprint density at radius 2 is 1.91 bits per heavy atom. The minimum absolute atomic E-state index is 0.0118. The summed E-state index contributed by atoms with van der Waals surface area (Å²) in [6.45, 7) is 2.64. The Morgan fingerprint density at radius 3 is 2.48 bits per heavy atom. The second-order valence-corrected chi connectivity index (χ2v) is 9.73. The first kappa shape index (κ1) is 25.4. The average Bonchev–Trinajstić information content (AvgIpc) is 3.55. The summed E-state index contributed by atoms with van der Waals surface area (Å²) in [5.41, 5.74) is 6.40. The second-order valence-electron chi connectivity index (χ2n) is 8.82. The molecule has 2 aromatic rings. The lowest BCUT2D eigenvalue weighted by Gasteiger charge is -2.30. The summed E-state index contributed by atoms with van der Waals surface area (Å²) >= 11 is 3.48. The molecule has 8 nitrogen and oxygen atoms in total. The molecule has 0 bridgehead atoms. The number of hydrogen-bond acceptors (Lipinski definition) is 5. The Balaban J connectivity index is 0.000000968. The van der Waals surface area contributed by atoms with Gasteiger partial charge in [-0.2, -0.15) is 0 Å². The minimum atomic E-state index is -0.616. The average molecular weight is 521 g/mol. The zero-order chi connectivity index (χ0) is 24.0. The Labute approximate surface area is 203 Å². The van der Waals surface area contributed by atoms with E-state index in [1.807, 2.05) is 30.2 Å². The minimum Gasteiger partial charge on any atom is -0.378 e. The van der Waals surface area contributed by atoms with Crippen LogP contribution in [0.4, 0.5) is 0 Å². The highest BCUT2D eigenvalue weighted by molar-refractivity contribution is 9.10. The van der Waals surface area contributed by atoms with Crippen LogP contribution in [0.25, 0.3) is 11.3 Å². The first-order valence-electron chi connectivity index (χ1n) is 11.2. The first-order chi connectivity index (χ1) is 15.9. The van der Waals surface area contributed by atoms with Crippen LogP contribution in [0, 0.1) is 5.41 Å². The first-order valence-corrected chi connectivity index (χ1v) is 12.0. The number of ether oxygens (including phenoxy) is 2. The Hall–Kier alpha value is -2.23. The maximum atomic E-state index is 13.5. The van der Waals surface area contributed by atoms with Gasteiger partial charge in [0.1, 0.15) is 5.82 Å². The van der Waals surface area contributed by atoms with Gasteiger partial charge in [-0.1, -0.05) is 40.9 Å². The molecule has 1 spiro atoms. The topological polar surface area (TPSA) is 111 Å². The van der Waals surface area contributed by atoms with E-state index in [1.165, 1.54) is 25.7 Å². The molecule has 9 heteroatoms. The van der Waals surface area contributed by atoms with E-state index in [1.54, 1.807) is 14.2 Å². The standard InChI is InChI=1S/C23H30BrN3O3.CH3NO/c1-15(29-2)20(30-3)22(28)27-14-23(10-4-5-11-23)12-19(27)21-25-13-18(26-21)16-6-8-17(24)9-7-16;2-1-3/h6-9,13,15,19-20H,4-5,10-12,14H2,1-3H3,(H,25,26);1H,(H2,2,3). The number of nitrogens with two attached hydrogens (primary N) is 1.